The maximum Gasteiger partial charge on any atom is 0.327 e. The van der Waals surface area contributed by atoms with Gasteiger partial charge in [-0.1, -0.05) is 6.07 Å². The van der Waals surface area contributed by atoms with Crippen LogP contribution in [0.1, 0.15) is 34.2 Å². The van der Waals surface area contributed by atoms with Crippen LogP contribution in [-0.4, -0.2) is 36.2 Å². The van der Waals surface area contributed by atoms with E-state index >= 15 is 0 Å². The van der Waals surface area contributed by atoms with E-state index < -0.39 is 5.69 Å². The van der Waals surface area contributed by atoms with Crippen molar-refractivity contribution in [2.75, 3.05) is 25.1 Å². The van der Waals surface area contributed by atoms with Crippen LogP contribution in [0.5, 0.6) is 0 Å². The minimum Gasteiger partial charge on any atom is -0.380 e. The van der Waals surface area contributed by atoms with E-state index in [0.29, 0.717) is 18.5 Å². The number of rotatable bonds is 6. The number of anilines is 1. The maximum absolute atomic E-state index is 11.5. The van der Waals surface area contributed by atoms with E-state index in [4.69, 9.17) is 4.74 Å². The highest BCUT2D eigenvalue weighted by molar-refractivity contribution is 5.44. The first kappa shape index (κ1) is 19.4. The molecule has 146 valence electrons. The zero-order chi connectivity index (χ0) is 19.6. The number of hydrogen-bond donors (Lipinski definition) is 3. The molecule has 1 aromatic carbocycles. The van der Waals surface area contributed by atoms with Gasteiger partial charge in [-0.2, -0.15) is 0 Å². The summed E-state index contributed by atoms with van der Waals surface area (Å²) in [4.78, 5) is 30.0. The van der Waals surface area contributed by atoms with Gasteiger partial charge in [0.05, 0.1) is 6.61 Å². The van der Waals surface area contributed by atoms with E-state index in [2.05, 4.69) is 42.1 Å². The molecule has 0 bridgehead atoms. The molecular formula is C20H28N4O3. The van der Waals surface area contributed by atoms with Crippen molar-refractivity contribution in [2.45, 2.75) is 46.4 Å². The Kier molecular flexibility index (Phi) is 5.82. The molecule has 27 heavy (non-hydrogen) atoms. The molecule has 2 heterocycles. The molecular weight excluding hydrogens is 344 g/mol. The van der Waals surface area contributed by atoms with Crippen molar-refractivity contribution in [3.63, 3.8) is 0 Å². The molecule has 7 nitrogen and oxygen atoms in total. The molecule has 1 aromatic heterocycles. The molecule has 1 fully saturated rings. The van der Waals surface area contributed by atoms with Gasteiger partial charge in [0.15, 0.2) is 0 Å². The number of ether oxygens (including phenoxy) is 1. The summed E-state index contributed by atoms with van der Waals surface area (Å²) in [5, 5.41) is 3.64. The fraction of sp³-hybridized carbons (Fsp3) is 0.500. The average Bonchev–Trinajstić information content (AvgIpc) is 3.06. The lowest BCUT2D eigenvalue weighted by Gasteiger charge is -2.20. The Morgan fingerprint density at radius 1 is 1.15 bits per heavy atom. The van der Waals surface area contributed by atoms with Gasteiger partial charge in [-0.15, -0.1) is 0 Å². The van der Waals surface area contributed by atoms with E-state index in [1.165, 1.54) is 33.9 Å². The van der Waals surface area contributed by atoms with Crippen molar-refractivity contribution >= 4 is 5.82 Å². The summed E-state index contributed by atoms with van der Waals surface area (Å²) in [5.41, 5.74) is 5.57. The number of methoxy groups -OCH3 is 1. The van der Waals surface area contributed by atoms with Gasteiger partial charge in [0.1, 0.15) is 5.82 Å². The third kappa shape index (κ3) is 4.31. The van der Waals surface area contributed by atoms with E-state index in [-0.39, 0.29) is 5.56 Å². The van der Waals surface area contributed by atoms with E-state index in [9.17, 15) is 9.59 Å². The van der Waals surface area contributed by atoms with Crippen molar-refractivity contribution in [3.05, 3.63) is 60.8 Å². The summed E-state index contributed by atoms with van der Waals surface area (Å²) in [6.07, 6.45) is 0.962. The number of H-pyrrole nitrogens is 2. The normalized spacial score (nSPS) is 16.9. The van der Waals surface area contributed by atoms with Crippen LogP contribution < -0.4 is 21.5 Å². The Hall–Kier alpha value is -2.38. The Labute approximate surface area is 158 Å². The van der Waals surface area contributed by atoms with Gasteiger partial charge in [0.2, 0.25) is 0 Å². The Bertz CT molecular complexity index is 904. The Morgan fingerprint density at radius 3 is 2.59 bits per heavy atom. The standard InChI is InChI=1S/C20H28N4O3/c1-12-7-13(2)17(11-27-4)14(3)16(12)9-21-15-5-6-24(10-15)18-8-19(25)23-20(26)22-18/h7-8,15,21H,5-6,9-11H2,1-4H3,(H2,22,23,25,26)/t15-/m1/s1. The Morgan fingerprint density at radius 2 is 1.89 bits per heavy atom. The predicted molar refractivity (Wildman–Crippen MR) is 107 cm³/mol. The van der Waals surface area contributed by atoms with Crippen LogP contribution in [0.4, 0.5) is 5.82 Å². The van der Waals surface area contributed by atoms with Crippen molar-refractivity contribution in [3.8, 4) is 0 Å². The molecule has 1 aliphatic rings. The zero-order valence-electron chi connectivity index (χ0n) is 16.4. The maximum atomic E-state index is 11.5. The molecule has 0 spiro atoms. The minimum atomic E-state index is -0.467. The van der Waals surface area contributed by atoms with Gasteiger partial charge in [-0.05, 0) is 55.0 Å². The molecule has 1 saturated heterocycles. The van der Waals surface area contributed by atoms with Gasteiger partial charge in [0, 0.05) is 38.9 Å². The molecule has 3 N–H and O–H groups in total. The lowest BCUT2D eigenvalue weighted by Crippen LogP contribution is -2.34. The van der Waals surface area contributed by atoms with E-state index in [1.54, 1.807) is 7.11 Å². The number of benzene rings is 1. The first-order valence-corrected chi connectivity index (χ1v) is 9.28. The average molecular weight is 372 g/mol. The van der Waals surface area contributed by atoms with Gasteiger partial charge >= 0.3 is 5.69 Å². The molecule has 3 rings (SSSR count). The predicted octanol–water partition coefficient (Wildman–Crippen LogP) is 1.50. The van der Waals surface area contributed by atoms with Crippen molar-refractivity contribution in [2.24, 2.45) is 0 Å². The number of aromatic amines is 2. The van der Waals surface area contributed by atoms with Crippen molar-refractivity contribution in [1.82, 2.24) is 15.3 Å². The fourth-order valence-corrected chi connectivity index (χ4v) is 3.93. The fourth-order valence-electron chi connectivity index (χ4n) is 3.93. The van der Waals surface area contributed by atoms with Crippen LogP contribution >= 0.6 is 0 Å². The van der Waals surface area contributed by atoms with Gasteiger partial charge in [-0.25, -0.2) is 4.79 Å². The second-order valence-electron chi connectivity index (χ2n) is 7.31. The lowest BCUT2D eigenvalue weighted by molar-refractivity contribution is 0.183. The number of nitrogens with zero attached hydrogens (tertiary/aromatic N) is 1. The first-order valence-electron chi connectivity index (χ1n) is 9.28. The molecule has 1 atom stereocenters. The molecule has 0 saturated carbocycles. The molecule has 1 aliphatic heterocycles. The second kappa shape index (κ2) is 8.10. The molecule has 2 aromatic rings. The molecule has 0 aliphatic carbocycles. The first-order chi connectivity index (χ1) is 12.9. The largest absolute Gasteiger partial charge is 0.380 e. The molecule has 7 heteroatoms. The number of nitrogens with one attached hydrogen (secondary N) is 3. The number of aryl methyl sites for hydroxylation is 2. The molecule has 0 amide bonds. The van der Waals surface area contributed by atoms with Gasteiger partial charge in [0.25, 0.3) is 5.56 Å². The van der Waals surface area contributed by atoms with Gasteiger partial charge in [-0.3, -0.25) is 14.8 Å². The minimum absolute atomic E-state index is 0.304. The third-order valence-corrected chi connectivity index (χ3v) is 5.42. The summed E-state index contributed by atoms with van der Waals surface area (Å²) in [6.45, 7) is 9.41. The topological polar surface area (TPSA) is 90.2 Å². The highest BCUT2D eigenvalue weighted by Crippen LogP contribution is 2.24. The second-order valence-corrected chi connectivity index (χ2v) is 7.31. The highest BCUT2D eigenvalue weighted by Gasteiger charge is 2.23. The van der Waals surface area contributed by atoms with Gasteiger partial charge < -0.3 is 15.0 Å². The van der Waals surface area contributed by atoms with Crippen LogP contribution in [0.2, 0.25) is 0 Å². The lowest BCUT2D eigenvalue weighted by atomic mass is 9.93. The van der Waals surface area contributed by atoms with Crippen LogP contribution in [-0.2, 0) is 17.9 Å². The number of aromatic nitrogens is 2. The smallest absolute Gasteiger partial charge is 0.327 e. The quantitative estimate of drug-likeness (QED) is 0.715. The van der Waals surface area contributed by atoms with Crippen LogP contribution in [0.3, 0.4) is 0 Å². The highest BCUT2D eigenvalue weighted by atomic mass is 16.5. The molecule has 0 radical (unpaired) electrons. The van der Waals surface area contributed by atoms with Crippen LogP contribution in [0, 0.1) is 20.8 Å². The van der Waals surface area contributed by atoms with E-state index in [1.807, 2.05) is 4.90 Å². The monoisotopic (exact) mass is 372 g/mol. The third-order valence-electron chi connectivity index (χ3n) is 5.42. The summed E-state index contributed by atoms with van der Waals surface area (Å²) in [7, 11) is 1.72. The van der Waals surface area contributed by atoms with Crippen molar-refractivity contribution in [1.29, 1.82) is 0 Å². The molecule has 0 unspecified atom stereocenters. The summed E-state index contributed by atoms with van der Waals surface area (Å²) in [5.74, 6) is 0.582. The van der Waals surface area contributed by atoms with Crippen LogP contribution in [0.25, 0.3) is 0 Å². The summed E-state index contributed by atoms with van der Waals surface area (Å²) >= 11 is 0. The number of hydrogen-bond acceptors (Lipinski definition) is 5. The zero-order valence-corrected chi connectivity index (χ0v) is 16.4. The summed E-state index contributed by atoms with van der Waals surface area (Å²) in [6, 6.07) is 3.97. The summed E-state index contributed by atoms with van der Waals surface area (Å²) < 4.78 is 5.36. The van der Waals surface area contributed by atoms with Crippen molar-refractivity contribution < 1.29 is 4.74 Å². The SMILES string of the molecule is COCc1c(C)cc(C)c(CN[C@@H]2CCN(c3cc(=O)[nH]c(=O)[nH]3)C2)c1C. The van der Waals surface area contributed by atoms with Crippen LogP contribution in [0.15, 0.2) is 21.7 Å². The Balaban J connectivity index is 1.69. The van der Waals surface area contributed by atoms with E-state index in [0.717, 1.165) is 26.1 Å².